The van der Waals surface area contributed by atoms with Gasteiger partial charge in [0.1, 0.15) is 5.82 Å². The molecule has 4 nitrogen and oxygen atoms in total. The molecule has 2 aromatic rings. The van der Waals surface area contributed by atoms with Gasteiger partial charge in [0.25, 0.3) is 0 Å². The van der Waals surface area contributed by atoms with Gasteiger partial charge in [-0.05, 0) is 38.5 Å². The second kappa shape index (κ2) is 7.00. The molecule has 142 valence electrons. The number of anilines is 3. The Labute approximate surface area is 145 Å². The van der Waals surface area contributed by atoms with Gasteiger partial charge < -0.3 is 10.6 Å². The van der Waals surface area contributed by atoms with Crippen LogP contribution in [-0.2, 0) is 12.4 Å². The van der Waals surface area contributed by atoms with Crippen molar-refractivity contribution >= 4 is 17.5 Å². The number of alkyl halides is 6. The zero-order valence-electron chi connectivity index (χ0n) is 14.0. The lowest BCUT2D eigenvalue weighted by Gasteiger charge is -2.16. The Bertz CT molecular complexity index is 783. The molecule has 0 bridgehead atoms. The lowest BCUT2D eigenvalue weighted by atomic mass is 10.1. The predicted octanol–water partition coefficient (Wildman–Crippen LogP) is 5.39. The summed E-state index contributed by atoms with van der Waals surface area (Å²) in [7, 11) is 0. The topological polar surface area (TPSA) is 49.8 Å². The Hall–Kier alpha value is -2.52. The summed E-state index contributed by atoms with van der Waals surface area (Å²) < 4.78 is 78.0. The van der Waals surface area contributed by atoms with E-state index in [0.717, 1.165) is 6.07 Å². The third-order valence-corrected chi connectivity index (χ3v) is 3.25. The van der Waals surface area contributed by atoms with Gasteiger partial charge in [0.05, 0.1) is 5.56 Å². The van der Waals surface area contributed by atoms with Crippen LogP contribution < -0.4 is 10.6 Å². The average Bonchev–Trinajstić information content (AvgIpc) is 2.46. The highest BCUT2D eigenvalue weighted by molar-refractivity contribution is 5.60. The van der Waals surface area contributed by atoms with Gasteiger partial charge in [-0.2, -0.15) is 31.3 Å². The number of rotatable bonds is 4. The predicted molar refractivity (Wildman–Crippen MR) is 85.3 cm³/mol. The molecular formula is C16H16F6N4. The molecular weight excluding hydrogens is 362 g/mol. The van der Waals surface area contributed by atoms with Crippen molar-refractivity contribution in [2.24, 2.45) is 0 Å². The number of hydrogen-bond donors (Lipinski definition) is 2. The third kappa shape index (κ3) is 4.99. The normalized spacial score (nSPS) is 12.4. The summed E-state index contributed by atoms with van der Waals surface area (Å²) in [5.41, 5.74) is -2.12. The summed E-state index contributed by atoms with van der Waals surface area (Å²) in [5.74, 6) is -0.548. The van der Waals surface area contributed by atoms with Gasteiger partial charge >= 0.3 is 12.4 Å². The number of halogens is 6. The van der Waals surface area contributed by atoms with E-state index in [-0.39, 0.29) is 29.1 Å². The molecule has 0 radical (unpaired) electrons. The van der Waals surface area contributed by atoms with Crippen molar-refractivity contribution in [3.8, 4) is 0 Å². The Morgan fingerprint density at radius 2 is 1.58 bits per heavy atom. The Morgan fingerprint density at radius 3 is 2.12 bits per heavy atom. The van der Waals surface area contributed by atoms with Gasteiger partial charge in [-0.3, -0.25) is 0 Å². The summed E-state index contributed by atoms with van der Waals surface area (Å²) >= 11 is 0. The van der Waals surface area contributed by atoms with Crippen LogP contribution in [0.2, 0.25) is 0 Å². The molecule has 1 heterocycles. The van der Waals surface area contributed by atoms with Crippen LogP contribution in [0.1, 0.15) is 30.7 Å². The number of aromatic nitrogens is 2. The third-order valence-electron chi connectivity index (χ3n) is 3.25. The van der Waals surface area contributed by atoms with E-state index >= 15 is 0 Å². The van der Waals surface area contributed by atoms with Crippen molar-refractivity contribution in [3.05, 3.63) is 41.1 Å². The highest BCUT2D eigenvalue weighted by Gasteiger charge is 2.34. The van der Waals surface area contributed by atoms with E-state index in [9.17, 15) is 26.3 Å². The van der Waals surface area contributed by atoms with Crippen LogP contribution in [0, 0.1) is 6.92 Å². The van der Waals surface area contributed by atoms with Gasteiger partial charge in [0, 0.05) is 17.8 Å². The van der Waals surface area contributed by atoms with E-state index in [1.165, 1.54) is 19.1 Å². The van der Waals surface area contributed by atoms with Gasteiger partial charge in [-0.25, -0.2) is 4.98 Å². The fourth-order valence-electron chi connectivity index (χ4n) is 2.13. The molecule has 1 aromatic carbocycles. The fraction of sp³-hybridized carbons (Fsp3) is 0.375. The molecule has 0 spiro atoms. The highest BCUT2D eigenvalue weighted by Crippen LogP contribution is 2.35. The summed E-state index contributed by atoms with van der Waals surface area (Å²) in [6.45, 7) is 4.67. The second-order valence-electron chi connectivity index (χ2n) is 5.91. The zero-order valence-corrected chi connectivity index (χ0v) is 14.0. The standard InChI is InChI=1S/C16H16F6N4/c1-8(2)23-14-25-12(16(20,21)22)7-13(26-14)24-10-5-4-9(3)11(6-10)15(17,18)19/h4-8H,1-3H3,(H2,23,24,25,26). The van der Waals surface area contributed by atoms with Crippen LogP contribution in [0.15, 0.2) is 24.3 Å². The monoisotopic (exact) mass is 378 g/mol. The van der Waals surface area contributed by atoms with Crippen molar-refractivity contribution < 1.29 is 26.3 Å². The number of nitrogens with zero attached hydrogens (tertiary/aromatic N) is 2. The molecule has 1 aromatic heterocycles. The first-order valence-corrected chi connectivity index (χ1v) is 7.54. The van der Waals surface area contributed by atoms with E-state index < -0.39 is 23.6 Å². The summed E-state index contributed by atoms with van der Waals surface area (Å²) in [5, 5.41) is 5.12. The summed E-state index contributed by atoms with van der Waals surface area (Å²) in [4.78, 5) is 7.27. The molecule has 0 unspecified atom stereocenters. The molecule has 26 heavy (non-hydrogen) atoms. The van der Waals surface area contributed by atoms with Gasteiger partial charge in [0.2, 0.25) is 5.95 Å². The first-order chi connectivity index (χ1) is 11.9. The largest absolute Gasteiger partial charge is 0.433 e. The van der Waals surface area contributed by atoms with E-state index in [1.807, 2.05) is 0 Å². The molecule has 2 N–H and O–H groups in total. The van der Waals surface area contributed by atoms with Crippen molar-refractivity contribution in [1.29, 1.82) is 0 Å². The van der Waals surface area contributed by atoms with Crippen LogP contribution >= 0.6 is 0 Å². The number of nitrogens with one attached hydrogen (secondary N) is 2. The maximum absolute atomic E-state index is 13.0. The molecule has 0 aliphatic carbocycles. The maximum atomic E-state index is 13.0. The number of aryl methyl sites for hydroxylation is 1. The highest BCUT2D eigenvalue weighted by atomic mass is 19.4. The molecule has 0 saturated carbocycles. The molecule has 0 atom stereocenters. The minimum absolute atomic E-state index is 0.00359. The van der Waals surface area contributed by atoms with Crippen LogP contribution in [-0.4, -0.2) is 16.0 Å². The molecule has 0 aliphatic rings. The maximum Gasteiger partial charge on any atom is 0.433 e. The van der Waals surface area contributed by atoms with Crippen LogP contribution in [0.4, 0.5) is 43.8 Å². The SMILES string of the molecule is Cc1ccc(Nc2cc(C(F)(F)F)nc(NC(C)C)n2)cc1C(F)(F)F. The van der Waals surface area contributed by atoms with E-state index in [4.69, 9.17) is 0 Å². The first-order valence-electron chi connectivity index (χ1n) is 7.54. The van der Waals surface area contributed by atoms with Crippen molar-refractivity contribution in [2.75, 3.05) is 10.6 Å². The van der Waals surface area contributed by atoms with Crippen molar-refractivity contribution in [3.63, 3.8) is 0 Å². The molecule has 0 fully saturated rings. The Morgan fingerprint density at radius 1 is 0.923 bits per heavy atom. The van der Waals surface area contributed by atoms with E-state index in [0.29, 0.717) is 6.07 Å². The number of benzene rings is 1. The average molecular weight is 378 g/mol. The van der Waals surface area contributed by atoms with Gasteiger partial charge in [0.15, 0.2) is 5.69 Å². The lowest BCUT2D eigenvalue weighted by molar-refractivity contribution is -0.141. The molecule has 0 saturated heterocycles. The molecule has 0 aliphatic heterocycles. The Kier molecular flexibility index (Phi) is 5.33. The molecule has 10 heteroatoms. The van der Waals surface area contributed by atoms with Crippen LogP contribution in [0.5, 0.6) is 0 Å². The van der Waals surface area contributed by atoms with E-state index in [1.54, 1.807) is 13.8 Å². The fourth-order valence-corrected chi connectivity index (χ4v) is 2.13. The number of hydrogen-bond acceptors (Lipinski definition) is 4. The Balaban J connectivity index is 2.42. The van der Waals surface area contributed by atoms with Crippen molar-refractivity contribution in [1.82, 2.24) is 9.97 Å². The molecule has 0 amide bonds. The molecule has 2 rings (SSSR count). The first kappa shape index (κ1) is 19.8. The minimum atomic E-state index is -4.73. The quantitative estimate of drug-likeness (QED) is 0.701. The van der Waals surface area contributed by atoms with Gasteiger partial charge in [-0.15, -0.1) is 0 Å². The van der Waals surface area contributed by atoms with Gasteiger partial charge in [-0.1, -0.05) is 6.07 Å². The van der Waals surface area contributed by atoms with E-state index in [2.05, 4.69) is 20.6 Å². The summed E-state index contributed by atoms with van der Waals surface area (Å²) in [6.07, 6.45) is -9.30. The summed E-state index contributed by atoms with van der Waals surface area (Å²) in [6, 6.07) is 3.78. The van der Waals surface area contributed by atoms with Crippen LogP contribution in [0.3, 0.4) is 0 Å². The zero-order chi connectivity index (χ0) is 19.7. The van der Waals surface area contributed by atoms with Crippen molar-refractivity contribution in [2.45, 2.75) is 39.2 Å². The lowest BCUT2D eigenvalue weighted by Crippen LogP contribution is -2.17. The minimum Gasteiger partial charge on any atom is -0.352 e. The second-order valence-corrected chi connectivity index (χ2v) is 5.91. The van der Waals surface area contributed by atoms with Crippen LogP contribution in [0.25, 0.3) is 0 Å². The smallest absolute Gasteiger partial charge is 0.352 e.